The van der Waals surface area contributed by atoms with E-state index in [0.717, 1.165) is 0 Å². The lowest BCUT2D eigenvalue weighted by Gasteiger charge is -2.23. The average molecular weight is 359 g/mol. The molecule has 11 nitrogen and oxygen atoms in total. The molecule has 0 spiro atoms. The van der Waals surface area contributed by atoms with Crippen LogP contribution in [0.2, 0.25) is 0 Å². The first kappa shape index (κ1) is 22.3. The maximum atomic E-state index is 12.2. The van der Waals surface area contributed by atoms with Crippen LogP contribution < -0.4 is 27.0 Å². The minimum absolute atomic E-state index is 0.226. The molecule has 0 aromatic heterocycles. The molecule has 7 N–H and O–H groups in total. The van der Waals surface area contributed by atoms with Gasteiger partial charge in [-0.3, -0.25) is 24.0 Å². The van der Waals surface area contributed by atoms with Crippen molar-refractivity contribution < 1.29 is 29.1 Å². The zero-order valence-electron chi connectivity index (χ0n) is 14.3. The van der Waals surface area contributed by atoms with E-state index in [1.54, 1.807) is 6.92 Å². The molecular weight excluding hydrogens is 334 g/mol. The fraction of sp³-hybridized carbons (Fsp3) is 0.643. The normalized spacial score (nSPS) is 12.4. The lowest BCUT2D eigenvalue weighted by Crippen LogP contribution is -2.54. The number of carboxylic acids is 1. The molecule has 0 saturated carbocycles. The van der Waals surface area contributed by atoms with Gasteiger partial charge >= 0.3 is 5.97 Å². The van der Waals surface area contributed by atoms with Crippen LogP contribution in [0.4, 0.5) is 0 Å². The summed E-state index contributed by atoms with van der Waals surface area (Å²) in [5.41, 5.74) is 5.11. The lowest BCUT2D eigenvalue weighted by atomic mass is 9.98. The van der Waals surface area contributed by atoms with Crippen LogP contribution in [0.1, 0.15) is 20.3 Å². The van der Waals surface area contributed by atoms with Crippen molar-refractivity contribution in [1.82, 2.24) is 21.3 Å². The Bertz CT molecular complexity index is 510. The summed E-state index contributed by atoms with van der Waals surface area (Å²) in [5, 5.41) is 17.7. The van der Waals surface area contributed by atoms with Gasteiger partial charge < -0.3 is 32.1 Å². The molecule has 2 unspecified atom stereocenters. The molecule has 142 valence electrons. The van der Waals surface area contributed by atoms with E-state index in [1.807, 2.05) is 6.92 Å². The monoisotopic (exact) mass is 359 g/mol. The number of nitrogens with one attached hydrogen (secondary N) is 4. The van der Waals surface area contributed by atoms with E-state index in [1.165, 1.54) is 0 Å². The van der Waals surface area contributed by atoms with Crippen LogP contribution in [-0.2, 0) is 24.0 Å². The first-order chi connectivity index (χ1) is 11.7. The van der Waals surface area contributed by atoms with E-state index < -0.39 is 48.7 Å². The van der Waals surface area contributed by atoms with Gasteiger partial charge in [-0.05, 0) is 5.92 Å². The molecular formula is C14H25N5O6. The molecule has 0 rings (SSSR count). The van der Waals surface area contributed by atoms with E-state index in [2.05, 4.69) is 21.3 Å². The molecule has 0 bridgehead atoms. The molecule has 0 aromatic rings. The Labute approximate surface area is 145 Å². The van der Waals surface area contributed by atoms with Crippen LogP contribution in [0, 0.1) is 5.92 Å². The van der Waals surface area contributed by atoms with Gasteiger partial charge in [0, 0.05) is 0 Å². The Balaban J connectivity index is 4.56. The third-order valence-electron chi connectivity index (χ3n) is 3.30. The van der Waals surface area contributed by atoms with Crippen LogP contribution in [-0.4, -0.2) is 66.9 Å². The largest absolute Gasteiger partial charge is 0.480 e. The number of nitrogens with two attached hydrogens (primary N) is 1. The van der Waals surface area contributed by atoms with Crippen molar-refractivity contribution in [2.45, 2.75) is 26.3 Å². The second kappa shape index (κ2) is 11.8. The first-order valence-corrected chi connectivity index (χ1v) is 7.73. The van der Waals surface area contributed by atoms with Crippen LogP contribution in [0.5, 0.6) is 0 Å². The van der Waals surface area contributed by atoms with Crippen molar-refractivity contribution in [2.24, 2.45) is 11.7 Å². The minimum Gasteiger partial charge on any atom is -0.480 e. The molecule has 0 aliphatic carbocycles. The highest BCUT2D eigenvalue weighted by molar-refractivity contribution is 5.92. The number of rotatable bonds is 11. The molecule has 4 amide bonds. The number of hydrogen-bond donors (Lipinski definition) is 6. The number of aliphatic carboxylic acids is 1. The van der Waals surface area contributed by atoms with Gasteiger partial charge in [0.1, 0.15) is 12.6 Å². The van der Waals surface area contributed by atoms with Gasteiger partial charge in [-0.2, -0.15) is 0 Å². The van der Waals surface area contributed by atoms with E-state index in [4.69, 9.17) is 10.8 Å². The number of carbonyl (C=O) groups excluding carboxylic acids is 4. The fourth-order valence-corrected chi connectivity index (χ4v) is 1.69. The second-order valence-corrected chi connectivity index (χ2v) is 5.30. The number of amides is 4. The molecule has 11 heteroatoms. The Kier molecular flexibility index (Phi) is 10.5. The number of carbonyl (C=O) groups is 5. The number of hydrogen-bond acceptors (Lipinski definition) is 6. The average Bonchev–Trinajstić information content (AvgIpc) is 2.59. The van der Waals surface area contributed by atoms with Gasteiger partial charge in [0.25, 0.3) is 0 Å². The first-order valence-electron chi connectivity index (χ1n) is 7.73. The summed E-state index contributed by atoms with van der Waals surface area (Å²) >= 11 is 0. The molecule has 0 radical (unpaired) electrons. The molecule has 0 aromatic carbocycles. The van der Waals surface area contributed by atoms with Crippen molar-refractivity contribution in [3.63, 3.8) is 0 Å². The highest BCUT2D eigenvalue weighted by atomic mass is 16.4. The molecule has 0 saturated heterocycles. The highest BCUT2D eigenvalue weighted by Gasteiger charge is 2.26. The van der Waals surface area contributed by atoms with Crippen LogP contribution in [0.3, 0.4) is 0 Å². The molecule has 0 aliphatic rings. The third-order valence-corrected chi connectivity index (χ3v) is 3.30. The van der Waals surface area contributed by atoms with Crippen molar-refractivity contribution in [1.29, 1.82) is 0 Å². The van der Waals surface area contributed by atoms with Crippen molar-refractivity contribution in [2.75, 3.05) is 26.2 Å². The summed E-state index contributed by atoms with van der Waals surface area (Å²) in [6, 6.07) is -0.903. The Morgan fingerprint density at radius 1 is 0.920 bits per heavy atom. The van der Waals surface area contributed by atoms with Gasteiger partial charge in [0.05, 0.1) is 19.6 Å². The van der Waals surface area contributed by atoms with Crippen LogP contribution in [0.25, 0.3) is 0 Å². The summed E-state index contributed by atoms with van der Waals surface area (Å²) in [5.74, 6) is -3.76. The van der Waals surface area contributed by atoms with Crippen molar-refractivity contribution in [3.8, 4) is 0 Å². The molecule has 0 aliphatic heterocycles. The van der Waals surface area contributed by atoms with Gasteiger partial charge in [0.2, 0.25) is 23.6 Å². The van der Waals surface area contributed by atoms with Gasteiger partial charge in [-0.25, -0.2) is 0 Å². The maximum Gasteiger partial charge on any atom is 0.322 e. The van der Waals surface area contributed by atoms with E-state index >= 15 is 0 Å². The summed E-state index contributed by atoms with van der Waals surface area (Å²) in [6.45, 7) is 2.02. The Morgan fingerprint density at radius 3 is 2.00 bits per heavy atom. The van der Waals surface area contributed by atoms with Gasteiger partial charge in [-0.15, -0.1) is 0 Å². The predicted molar refractivity (Wildman–Crippen MR) is 87.1 cm³/mol. The zero-order chi connectivity index (χ0) is 19.4. The minimum atomic E-state index is -1.20. The van der Waals surface area contributed by atoms with Crippen LogP contribution >= 0.6 is 0 Å². The Morgan fingerprint density at radius 2 is 1.48 bits per heavy atom. The lowest BCUT2D eigenvalue weighted by molar-refractivity contribution is -0.138. The maximum absolute atomic E-state index is 12.2. The summed E-state index contributed by atoms with van der Waals surface area (Å²) in [7, 11) is 0. The summed E-state index contributed by atoms with van der Waals surface area (Å²) in [6.07, 6.45) is 0.582. The summed E-state index contributed by atoms with van der Waals surface area (Å²) in [4.78, 5) is 56.8. The molecule has 0 fully saturated rings. The zero-order valence-corrected chi connectivity index (χ0v) is 14.3. The fourth-order valence-electron chi connectivity index (χ4n) is 1.69. The predicted octanol–water partition coefficient (Wildman–Crippen LogP) is -3.09. The SMILES string of the molecule is CCC(C)C(NC(=O)CNC(=O)CN)C(=O)NCC(=O)NCC(=O)O. The van der Waals surface area contributed by atoms with E-state index in [-0.39, 0.29) is 19.0 Å². The highest BCUT2D eigenvalue weighted by Crippen LogP contribution is 2.07. The van der Waals surface area contributed by atoms with E-state index in [0.29, 0.717) is 6.42 Å². The van der Waals surface area contributed by atoms with Crippen molar-refractivity contribution in [3.05, 3.63) is 0 Å². The smallest absolute Gasteiger partial charge is 0.322 e. The third kappa shape index (κ3) is 9.91. The quantitative estimate of drug-likeness (QED) is 0.226. The van der Waals surface area contributed by atoms with Crippen LogP contribution in [0.15, 0.2) is 0 Å². The van der Waals surface area contributed by atoms with Gasteiger partial charge in [-0.1, -0.05) is 20.3 Å². The Hall–Kier alpha value is -2.69. The van der Waals surface area contributed by atoms with Crippen molar-refractivity contribution >= 4 is 29.6 Å². The topological polar surface area (TPSA) is 180 Å². The molecule has 0 heterocycles. The van der Waals surface area contributed by atoms with Gasteiger partial charge in [0.15, 0.2) is 0 Å². The number of carboxylic acid groups (broad SMARTS) is 1. The standard InChI is InChI=1S/C14H25N5O6/c1-3-8(2)13(19-11(22)6-16-9(20)4-15)14(25)18-5-10(21)17-7-12(23)24/h8,13H,3-7,15H2,1-2H3,(H,16,20)(H,17,21)(H,18,25)(H,19,22)(H,23,24). The van der Waals surface area contributed by atoms with E-state index in [9.17, 15) is 24.0 Å². The second-order valence-electron chi connectivity index (χ2n) is 5.30. The molecule has 25 heavy (non-hydrogen) atoms. The summed E-state index contributed by atoms with van der Waals surface area (Å²) < 4.78 is 0. The molecule has 2 atom stereocenters.